The molecule has 0 saturated heterocycles. The smallest absolute Gasteiger partial charge is 0.339 e. The standard InChI is InChI=1S/C22H24O7/c1-11(2)4-5-13-19(25)9-20-16(21(13)28-3)6-12(10-29-20)14-7-15(22(26)27)18(24)8-17(14)23/h4,7-9,12,23-25H,5-6,10H2,1-3H3,(H,26,27). The first-order valence-electron chi connectivity index (χ1n) is 9.19. The lowest BCUT2D eigenvalue weighted by atomic mass is 9.87. The number of benzene rings is 2. The summed E-state index contributed by atoms with van der Waals surface area (Å²) in [4.78, 5) is 11.3. The van der Waals surface area contributed by atoms with Crippen LogP contribution in [-0.2, 0) is 12.8 Å². The van der Waals surface area contributed by atoms with Gasteiger partial charge >= 0.3 is 5.97 Å². The van der Waals surface area contributed by atoms with Crippen LogP contribution in [-0.4, -0.2) is 40.1 Å². The van der Waals surface area contributed by atoms with Crippen molar-refractivity contribution in [1.29, 1.82) is 0 Å². The van der Waals surface area contributed by atoms with Crippen molar-refractivity contribution in [3.05, 3.63) is 52.1 Å². The molecule has 0 spiro atoms. The normalized spacial score (nSPS) is 15.2. The van der Waals surface area contributed by atoms with Gasteiger partial charge in [-0.15, -0.1) is 0 Å². The SMILES string of the molecule is COc1c(CC=C(C)C)c(O)cc2c1CC(c1cc(C(=O)O)c(O)cc1O)CO2. The molecule has 29 heavy (non-hydrogen) atoms. The van der Waals surface area contributed by atoms with E-state index in [1.54, 1.807) is 6.07 Å². The van der Waals surface area contributed by atoms with E-state index in [9.17, 15) is 25.2 Å². The number of phenols is 3. The summed E-state index contributed by atoms with van der Waals surface area (Å²) in [7, 11) is 1.52. The molecule has 1 aliphatic heterocycles. The lowest BCUT2D eigenvalue weighted by Gasteiger charge is -2.29. The second kappa shape index (κ2) is 7.95. The predicted octanol–water partition coefficient (Wildman–Crippen LogP) is 3.74. The van der Waals surface area contributed by atoms with Gasteiger partial charge in [-0.3, -0.25) is 0 Å². The minimum Gasteiger partial charge on any atom is -0.508 e. The van der Waals surface area contributed by atoms with E-state index in [2.05, 4.69) is 0 Å². The van der Waals surface area contributed by atoms with Crippen molar-refractivity contribution in [3.63, 3.8) is 0 Å². The zero-order valence-electron chi connectivity index (χ0n) is 16.5. The van der Waals surface area contributed by atoms with Crippen LogP contribution < -0.4 is 9.47 Å². The highest BCUT2D eigenvalue weighted by Gasteiger charge is 2.30. The highest BCUT2D eigenvalue weighted by atomic mass is 16.5. The molecule has 0 amide bonds. The number of aromatic hydroxyl groups is 3. The van der Waals surface area contributed by atoms with E-state index in [1.165, 1.54) is 13.2 Å². The van der Waals surface area contributed by atoms with E-state index in [0.29, 0.717) is 35.5 Å². The fourth-order valence-corrected chi connectivity index (χ4v) is 3.57. The number of rotatable bonds is 5. The van der Waals surface area contributed by atoms with Gasteiger partial charge in [-0.2, -0.15) is 0 Å². The lowest BCUT2D eigenvalue weighted by Crippen LogP contribution is -2.21. The van der Waals surface area contributed by atoms with E-state index < -0.39 is 11.7 Å². The van der Waals surface area contributed by atoms with Gasteiger partial charge in [-0.25, -0.2) is 4.79 Å². The number of carbonyl (C=O) groups is 1. The molecule has 1 aliphatic rings. The molecule has 0 bridgehead atoms. The summed E-state index contributed by atoms with van der Waals surface area (Å²) >= 11 is 0. The Balaban J connectivity index is 2.05. The van der Waals surface area contributed by atoms with Gasteiger partial charge in [-0.05, 0) is 32.8 Å². The molecule has 0 fully saturated rings. The predicted molar refractivity (Wildman–Crippen MR) is 106 cm³/mol. The van der Waals surface area contributed by atoms with Crippen LogP contribution in [0.4, 0.5) is 0 Å². The zero-order chi connectivity index (χ0) is 21.3. The second-order valence-corrected chi connectivity index (χ2v) is 7.32. The second-order valence-electron chi connectivity index (χ2n) is 7.32. The molecule has 7 heteroatoms. The van der Waals surface area contributed by atoms with E-state index >= 15 is 0 Å². The number of fused-ring (bicyclic) bond motifs is 1. The first-order chi connectivity index (χ1) is 13.7. The number of hydrogen-bond donors (Lipinski definition) is 4. The number of methoxy groups -OCH3 is 1. The maximum absolute atomic E-state index is 11.3. The summed E-state index contributed by atoms with van der Waals surface area (Å²) in [6, 6.07) is 3.85. The van der Waals surface area contributed by atoms with Crippen molar-refractivity contribution in [2.75, 3.05) is 13.7 Å². The number of aromatic carboxylic acids is 1. The molecule has 3 rings (SSSR count). The summed E-state index contributed by atoms with van der Waals surface area (Å²) in [6.07, 6.45) is 2.89. The van der Waals surface area contributed by atoms with Gasteiger partial charge in [-0.1, -0.05) is 11.6 Å². The molecule has 4 N–H and O–H groups in total. The molecule has 2 aromatic carbocycles. The Morgan fingerprint density at radius 3 is 2.52 bits per heavy atom. The van der Waals surface area contributed by atoms with E-state index in [4.69, 9.17) is 9.47 Å². The van der Waals surface area contributed by atoms with Crippen molar-refractivity contribution in [3.8, 4) is 28.7 Å². The number of carboxylic acids is 1. The summed E-state index contributed by atoms with van der Waals surface area (Å²) in [6.45, 7) is 4.11. The number of hydrogen-bond acceptors (Lipinski definition) is 6. The topological polar surface area (TPSA) is 116 Å². The van der Waals surface area contributed by atoms with Crippen LogP contribution in [0.2, 0.25) is 0 Å². The molecule has 0 aromatic heterocycles. The maximum atomic E-state index is 11.3. The molecular weight excluding hydrogens is 376 g/mol. The van der Waals surface area contributed by atoms with Crippen molar-refractivity contribution in [2.24, 2.45) is 0 Å². The third-order valence-corrected chi connectivity index (χ3v) is 5.05. The average molecular weight is 400 g/mol. The first-order valence-corrected chi connectivity index (χ1v) is 9.19. The first kappa shape index (κ1) is 20.4. The Labute approximate surface area is 168 Å². The number of carboxylic acid groups (broad SMARTS) is 1. The Hall–Kier alpha value is -3.35. The van der Waals surface area contributed by atoms with Crippen LogP contribution >= 0.6 is 0 Å². The fourth-order valence-electron chi connectivity index (χ4n) is 3.57. The van der Waals surface area contributed by atoms with E-state index in [0.717, 1.165) is 17.2 Å². The third kappa shape index (κ3) is 3.94. The molecule has 0 saturated carbocycles. The zero-order valence-corrected chi connectivity index (χ0v) is 16.5. The number of ether oxygens (including phenoxy) is 2. The van der Waals surface area contributed by atoms with Gasteiger partial charge in [0.25, 0.3) is 0 Å². The number of allylic oxidation sites excluding steroid dienone is 2. The van der Waals surface area contributed by atoms with Crippen LogP contribution in [0, 0.1) is 0 Å². The summed E-state index contributed by atoms with van der Waals surface area (Å²) in [5.41, 5.74) is 2.56. The van der Waals surface area contributed by atoms with Gasteiger partial charge in [0.15, 0.2) is 0 Å². The molecule has 7 nitrogen and oxygen atoms in total. The van der Waals surface area contributed by atoms with E-state index in [1.807, 2.05) is 19.9 Å². The van der Waals surface area contributed by atoms with Crippen molar-refractivity contribution < 1.29 is 34.7 Å². The molecule has 0 radical (unpaired) electrons. The minimum atomic E-state index is -1.28. The van der Waals surface area contributed by atoms with Gasteiger partial charge in [0, 0.05) is 34.7 Å². The van der Waals surface area contributed by atoms with Crippen LogP contribution in [0.5, 0.6) is 28.7 Å². The van der Waals surface area contributed by atoms with Crippen LogP contribution in [0.15, 0.2) is 29.8 Å². The average Bonchev–Trinajstić information content (AvgIpc) is 2.65. The Kier molecular flexibility index (Phi) is 5.59. The number of phenolic OH excluding ortho intramolecular Hbond substituents is 2. The fraction of sp³-hybridized carbons (Fsp3) is 0.318. The van der Waals surface area contributed by atoms with Gasteiger partial charge in [0.1, 0.15) is 34.3 Å². The minimum absolute atomic E-state index is 0.0807. The molecule has 1 atom stereocenters. The Morgan fingerprint density at radius 2 is 1.90 bits per heavy atom. The van der Waals surface area contributed by atoms with Crippen LogP contribution in [0.1, 0.15) is 46.8 Å². The highest BCUT2D eigenvalue weighted by Crippen LogP contribution is 2.46. The van der Waals surface area contributed by atoms with Crippen molar-refractivity contribution in [1.82, 2.24) is 0 Å². The maximum Gasteiger partial charge on any atom is 0.339 e. The molecule has 1 unspecified atom stereocenters. The Bertz CT molecular complexity index is 987. The van der Waals surface area contributed by atoms with Gasteiger partial charge < -0.3 is 29.9 Å². The van der Waals surface area contributed by atoms with Crippen molar-refractivity contribution >= 4 is 5.97 Å². The third-order valence-electron chi connectivity index (χ3n) is 5.05. The monoisotopic (exact) mass is 400 g/mol. The quantitative estimate of drug-likeness (QED) is 0.565. The van der Waals surface area contributed by atoms with Gasteiger partial charge in [0.05, 0.1) is 13.7 Å². The van der Waals surface area contributed by atoms with Gasteiger partial charge in [0.2, 0.25) is 0 Å². The molecule has 0 aliphatic carbocycles. The van der Waals surface area contributed by atoms with Crippen molar-refractivity contribution in [2.45, 2.75) is 32.6 Å². The lowest BCUT2D eigenvalue weighted by molar-refractivity contribution is 0.0693. The largest absolute Gasteiger partial charge is 0.508 e. The molecule has 154 valence electrons. The van der Waals surface area contributed by atoms with Crippen LogP contribution in [0.25, 0.3) is 0 Å². The summed E-state index contributed by atoms with van der Waals surface area (Å²) in [5, 5.41) is 39.7. The van der Waals surface area contributed by atoms with Crippen LogP contribution in [0.3, 0.4) is 0 Å². The molecule has 1 heterocycles. The molecule has 2 aromatic rings. The molecular formula is C22H24O7. The highest BCUT2D eigenvalue weighted by molar-refractivity contribution is 5.91. The van der Waals surface area contributed by atoms with E-state index in [-0.39, 0.29) is 29.6 Å². The Morgan fingerprint density at radius 1 is 1.17 bits per heavy atom. The summed E-state index contributed by atoms with van der Waals surface area (Å²) in [5.74, 6) is -1.25. The summed E-state index contributed by atoms with van der Waals surface area (Å²) < 4.78 is 11.4.